The number of carbonyl (C=O) groups is 1. The number of nitrogens with one attached hydrogen (secondary N) is 1. The van der Waals surface area contributed by atoms with Gasteiger partial charge in [-0.15, -0.1) is 0 Å². The summed E-state index contributed by atoms with van der Waals surface area (Å²) in [6.45, 7) is 4.39. The van der Waals surface area contributed by atoms with Crippen LogP contribution in [-0.4, -0.2) is 16.2 Å². The van der Waals surface area contributed by atoms with Gasteiger partial charge in [-0.05, 0) is 17.5 Å². The van der Waals surface area contributed by atoms with Crippen molar-refractivity contribution in [1.82, 2.24) is 10.5 Å². The third-order valence-corrected chi connectivity index (χ3v) is 3.60. The largest absolute Gasteiger partial charge is 0.392 e. The Morgan fingerprint density at radius 1 is 1.38 bits per heavy atom. The Labute approximate surface area is 124 Å². The molecule has 0 radical (unpaired) electrons. The second-order valence-corrected chi connectivity index (χ2v) is 5.03. The Morgan fingerprint density at radius 2 is 2.10 bits per heavy atom. The Morgan fingerprint density at radius 3 is 2.76 bits per heavy atom. The summed E-state index contributed by atoms with van der Waals surface area (Å²) in [6.07, 6.45) is 0.942. The first-order chi connectivity index (χ1) is 10.2. The third-order valence-electron chi connectivity index (χ3n) is 3.60. The predicted molar refractivity (Wildman–Crippen MR) is 78.7 cm³/mol. The molecule has 1 aromatic heterocycles. The lowest BCUT2D eigenvalue weighted by Gasteiger charge is -2.07. The van der Waals surface area contributed by atoms with Crippen LogP contribution in [0.15, 0.2) is 34.9 Å². The zero-order valence-corrected chi connectivity index (χ0v) is 12.3. The summed E-state index contributed by atoms with van der Waals surface area (Å²) in [5.74, 6) is 0.182. The molecule has 5 heteroatoms. The minimum atomic E-state index is -0.301. The quantitative estimate of drug-likeness (QED) is 0.856. The van der Waals surface area contributed by atoms with Crippen molar-refractivity contribution in [2.45, 2.75) is 39.3 Å². The van der Waals surface area contributed by atoms with E-state index in [1.165, 1.54) is 0 Å². The van der Waals surface area contributed by atoms with Gasteiger partial charge in [-0.25, -0.2) is 0 Å². The van der Waals surface area contributed by atoms with E-state index in [0.717, 1.165) is 23.2 Å². The van der Waals surface area contributed by atoms with Gasteiger partial charge in [-0.2, -0.15) is 0 Å². The maximum atomic E-state index is 12.0. The minimum Gasteiger partial charge on any atom is -0.392 e. The molecule has 0 saturated heterocycles. The molecule has 1 heterocycles. The van der Waals surface area contributed by atoms with E-state index >= 15 is 0 Å². The summed E-state index contributed by atoms with van der Waals surface area (Å²) >= 11 is 0. The van der Waals surface area contributed by atoms with Crippen LogP contribution in [0.5, 0.6) is 0 Å². The first-order valence-electron chi connectivity index (χ1n) is 7.08. The summed E-state index contributed by atoms with van der Waals surface area (Å²) in [6, 6.07) is 9.11. The van der Waals surface area contributed by atoms with Crippen LogP contribution >= 0.6 is 0 Å². The molecule has 2 aromatic rings. The minimum absolute atomic E-state index is 0.0491. The molecule has 0 aliphatic rings. The fraction of sp³-hybridized carbons (Fsp3) is 0.375. The van der Waals surface area contributed by atoms with E-state index in [4.69, 9.17) is 4.52 Å². The van der Waals surface area contributed by atoms with E-state index in [9.17, 15) is 9.90 Å². The number of hydrogen-bond acceptors (Lipinski definition) is 4. The van der Waals surface area contributed by atoms with Gasteiger partial charge in [-0.1, -0.05) is 43.3 Å². The van der Waals surface area contributed by atoms with Crippen LogP contribution in [0.3, 0.4) is 0 Å². The first-order valence-corrected chi connectivity index (χ1v) is 7.08. The van der Waals surface area contributed by atoms with Crippen LogP contribution in [-0.2, 0) is 13.2 Å². The summed E-state index contributed by atoms with van der Waals surface area (Å²) < 4.78 is 5.08. The van der Waals surface area contributed by atoms with Gasteiger partial charge in [0, 0.05) is 18.5 Å². The van der Waals surface area contributed by atoms with Crippen molar-refractivity contribution >= 4 is 5.91 Å². The van der Waals surface area contributed by atoms with Crippen LogP contribution in [0, 0.1) is 0 Å². The molecular weight excluding hydrogens is 268 g/mol. The van der Waals surface area contributed by atoms with E-state index in [1.54, 1.807) is 6.07 Å². The van der Waals surface area contributed by atoms with Crippen molar-refractivity contribution in [3.05, 3.63) is 52.9 Å². The Balaban J connectivity index is 2.00. The molecule has 5 nitrogen and oxygen atoms in total. The zero-order valence-electron chi connectivity index (χ0n) is 12.3. The van der Waals surface area contributed by atoms with Crippen molar-refractivity contribution in [1.29, 1.82) is 0 Å². The highest BCUT2D eigenvalue weighted by Crippen LogP contribution is 2.18. The van der Waals surface area contributed by atoms with Gasteiger partial charge < -0.3 is 14.9 Å². The van der Waals surface area contributed by atoms with Gasteiger partial charge in [0.15, 0.2) is 0 Å². The topological polar surface area (TPSA) is 75.4 Å². The summed E-state index contributed by atoms with van der Waals surface area (Å²) in [7, 11) is 0. The number of rotatable bonds is 6. The van der Waals surface area contributed by atoms with Gasteiger partial charge in [0.05, 0.1) is 12.3 Å². The molecule has 0 saturated carbocycles. The summed E-state index contributed by atoms with van der Waals surface area (Å²) in [4.78, 5) is 12.0. The molecule has 0 unspecified atom stereocenters. The van der Waals surface area contributed by atoms with Gasteiger partial charge in [-0.3, -0.25) is 4.79 Å². The average Bonchev–Trinajstić information content (AvgIpc) is 3.02. The average molecular weight is 288 g/mol. The number of aliphatic hydroxyl groups excluding tert-OH is 1. The van der Waals surface area contributed by atoms with E-state index in [0.29, 0.717) is 6.54 Å². The molecular formula is C16H20N2O3. The number of aliphatic hydroxyl groups is 1. The highest BCUT2D eigenvalue weighted by molar-refractivity contribution is 5.91. The normalized spacial score (nSPS) is 12.1. The van der Waals surface area contributed by atoms with Crippen molar-refractivity contribution in [3.63, 3.8) is 0 Å². The summed E-state index contributed by atoms with van der Waals surface area (Å²) in [5.41, 5.74) is 2.48. The van der Waals surface area contributed by atoms with Crippen molar-refractivity contribution in [3.8, 4) is 0 Å². The molecule has 0 aliphatic heterocycles. The molecule has 0 bridgehead atoms. The molecule has 21 heavy (non-hydrogen) atoms. The fourth-order valence-electron chi connectivity index (χ4n) is 1.98. The number of amides is 1. The molecule has 2 N–H and O–H groups in total. The van der Waals surface area contributed by atoms with Crippen molar-refractivity contribution in [2.24, 2.45) is 0 Å². The number of aromatic nitrogens is 1. The monoisotopic (exact) mass is 288 g/mol. The van der Waals surface area contributed by atoms with Gasteiger partial charge >= 0.3 is 0 Å². The lowest BCUT2D eigenvalue weighted by molar-refractivity contribution is 0.0913. The van der Waals surface area contributed by atoms with E-state index in [2.05, 4.69) is 17.4 Å². The van der Waals surface area contributed by atoms with Crippen LogP contribution in [0.1, 0.15) is 53.6 Å². The fourth-order valence-corrected chi connectivity index (χ4v) is 1.98. The van der Waals surface area contributed by atoms with Gasteiger partial charge in [0.25, 0.3) is 5.91 Å². The van der Waals surface area contributed by atoms with Gasteiger partial charge in [0.1, 0.15) is 0 Å². The number of nitrogens with zero attached hydrogens (tertiary/aromatic N) is 1. The highest BCUT2D eigenvalue weighted by atomic mass is 16.5. The second kappa shape index (κ2) is 7.04. The highest BCUT2D eigenvalue weighted by Gasteiger charge is 2.15. The molecule has 0 fully saturated rings. The van der Waals surface area contributed by atoms with Crippen molar-refractivity contribution < 1.29 is 14.4 Å². The van der Waals surface area contributed by atoms with Gasteiger partial charge in [0.2, 0.25) is 5.76 Å². The molecule has 112 valence electrons. The lowest BCUT2D eigenvalue weighted by Crippen LogP contribution is -2.23. The van der Waals surface area contributed by atoms with E-state index in [-0.39, 0.29) is 24.2 Å². The molecule has 0 spiro atoms. The molecule has 0 aliphatic carbocycles. The summed E-state index contributed by atoms with van der Waals surface area (Å²) in [5, 5.41) is 15.9. The van der Waals surface area contributed by atoms with E-state index in [1.807, 2.05) is 31.2 Å². The first kappa shape index (κ1) is 15.3. The Hall–Kier alpha value is -2.14. The Kier molecular flexibility index (Phi) is 5.11. The number of hydrogen-bond donors (Lipinski definition) is 2. The van der Waals surface area contributed by atoms with Crippen LogP contribution < -0.4 is 5.32 Å². The number of carbonyl (C=O) groups excluding carboxylic acids is 1. The SMILES string of the molecule is CC[C@@H](C)c1cc(C(=O)NCc2ccccc2CO)on1. The van der Waals surface area contributed by atoms with Crippen LogP contribution in [0.25, 0.3) is 0 Å². The Bertz CT molecular complexity index is 607. The molecule has 1 aromatic carbocycles. The molecule has 2 rings (SSSR count). The van der Waals surface area contributed by atoms with E-state index < -0.39 is 0 Å². The zero-order chi connectivity index (χ0) is 15.2. The lowest BCUT2D eigenvalue weighted by atomic mass is 10.1. The maximum absolute atomic E-state index is 12.0. The van der Waals surface area contributed by atoms with Crippen LogP contribution in [0.4, 0.5) is 0 Å². The third kappa shape index (κ3) is 3.70. The maximum Gasteiger partial charge on any atom is 0.290 e. The predicted octanol–water partition coefficient (Wildman–Crippen LogP) is 2.61. The standard InChI is InChI=1S/C16H20N2O3/c1-3-11(2)14-8-15(21-18-14)16(20)17-9-12-6-4-5-7-13(12)10-19/h4-8,11,19H,3,9-10H2,1-2H3,(H,17,20)/t11-/m1/s1. The molecule has 1 amide bonds. The van der Waals surface area contributed by atoms with Crippen LogP contribution in [0.2, 0.25) is 0 Å². The second-order valence-electron chi connectivity index (χ2n) is 5.03. The smallest absolute Gasteiger partial charge is 0.290 e. The molecule has 1 atom stereocenters. The van der Waals surface area contributed by atoms with Crippen molar-refractivity contribution in [2.75, 3.05) is 0 Å². The number of benzene rings is 1.